The van der Waals surface area contributed by atoms with Gasteiger partial charge in [-0.1, -0.05) is 32.9 Å². The van der Waals surface area contributed by atoms with E-state index < -0.39 is 136 Å². The molecule has 3 amide bonds. The van der Waals surface area contributed by atoms with Gasteiger partial charge in [0.25, 0.3) is 0 Å². The first kappa shape index (κ1) is 59.0. The fraction of sp³-hybridized carbons (Fsp3) is 0.851. The van der Waals surface area contributed by atoms with Gasteiger partial charge in [0, 0.05) is 68.8 Å². The van der Waals surface area contributed by atoms with E-state index in [-0.39, 0.29) is 89.5 Å². The summed E-state index contributed by atoms with van der Waals surface area (Å²) in [6.45, 7) is 8.66. The molecule has 26 heteroatoms. The Balaban J connectivity index is 0.926. The summed E-state index contributed by atoms with van der Waals surface area (Å²) in [5.74, 6) is -2.21. The van der Waals surface area contributed by atoms with E-state index >= 15 is 0 Å². The highest BCUT2D eigenvalue weighted by Gasteiger charge is 2.53. The first-order valence-corrected chi connectivity index (χ1v) is 25.4. The van der Waals surface area contributed by atoms with Gasteiger partial charge in [0.05, 0.1) is 51.0 Å². The van der Waals surface area contributed by atoms with Crippen molar-refractivity contribution in [3.05, 3.63) is 24.6 Å². The zero-order chi connectivity index (χ0) is 52.9. The number of amides is 3. The second kappa shape index (κ2) is 28.2. The highest BCUT2D eigenvalue weighted by atomic mass is 16.8. The van der Waals surface area contributed by atoms with Crippen LogP contribution in [0, 0.1) is 11.8 Å². The van der Waals surface area contributed by atoms with Crippen LogP contribution >= 0.6 is 0 Å². The molecule has 0 aromatic heterocycles. The summed E-state index contributed by atoms with van der Waals surface area (Å²) in [5, 5.41) is 119. The third-order valence-corrected chi connectivity index (χ3v) is 14.4. The Morgan fingerprint density at radius 1 is 0.493 bits per heavy atom. The standard InChI is InChI=1S/C47H79N5O21/c1-4-33(57)52(21-50-23(2)11-13-31(55)48-17-27-25-9-5-7-15-66-44-40(64)36(60)42(29(19-53)70-44)72-46(68-27)38(62)34(25)58)22-51-24(3)12-14-32(56)49-18-28-26-10-6-8-16-67-45-41(65)37(61)43(30(20-54)71-45)73-47(69-28)39(63)35(26)59/h25-30,34-47,50-51,53-54,58-65H,2-22H2,1H3,(H,48,55)(H,49,56)/t25?,26?,27?,28?,29?,30?,34-,35-,36+,37+,38?,39?,40?,41?,42?,43?,44-,45-,46+,47+/m0/s1. The van der Waals surface area contributed by atoms with Gasteiger partial charge in [-0.15, -0.1) is 0 Å². The summed E-state index contributed by atoms with van der Waals surface area (Å²) < 4.78 is 46.4. The van der Waals surface area contributed by atoms with E-state index in [1.165, 1.54) is 4.90 Å². The maximum atomic E-state index is 13.1. The van der Waals surface area contributed by atoms with Crippen molar-refractivity contribution < 1.29 is 103 Å². The Bertz CT molecular complexity index is 1670. The second-order valence-electron chi connectivity index (χ2n) is 19.5. The van der Waals surface area contributed by atoms with Crippen LogP contribution < -0.4 is 21.3 Å². The molecule has 0 aromatic carbocycles. The highest BCUT2D eigenvalue weighted by Crippen LogP contribution is 2.36. The molecule has 418 valence electrons. The van der Waals surface area contributed by atoms with Crippen molar-refractivity contribution in [2.75, 3.05) is 52.9 Å². The topological polar surface area (TPSA) is 379 Å². The first-order chi connectivity index (χ1) is 34.9. The van der Waals surface area contributed by atoms with E-state index in [4.69, 9.17) is 37.9 Å². The first-order valence-electron chi connectivity index (χ1n) is 25.4. The van der Waals surface area contributed by atoms with Crippen molar-refractivity contribution in [2.45, 2.75) is 188 Å². The zero-order valence-corrected chi connectivity index (χ0v) is 41.3. The average Bonchev–Trinajstić information content (AvgIpc) is 3.38. The number of rotatable bonds is 19. The molecular formula is C47H79N5O21. The lowest BCUT2D eigenvalue weighted by Gasteiger charge is -2.47. The van der Waals surface area contributed by atoms with Gasteiger partial charge >= 0.3 is 0 Å². The van der Waals surface area contributed by atoms with Crippen LogP contribution in [0.3, 0.4) is 0 Å². The second-order valence-corrected chi connectivity index (χ2v) is 19.5. The summed E-state index contributed by atoms with van der Waals surface area (Å²) in [4.78, 5) is 40.6. The van der Waals surface area contributed by atoms with Gasteiger partial charge in [-0.05, 0) is 38.5 Å². The lowest BCUT2D eigenvalue weighted by molar-refractivity contribution is -0.355. The van der Waals surface area contributed by atoms with E-state index in [2.05, 4.69) is 34.4 Å². The number of hydrogen-bond acceptors (Lipinski definition) is 23. The lowest BCUT2D eigenvalue weighted by atomic mass is 9.84. The Morgan fingerprint density at radius 3 is 1.26 bits per heavy atom. The Labute approximate surface area is 423 Å². The van der Waals surface area contributed by atoms with Gasteiger partial charge in [-0.25, -0.2) is 0 Å². The molecule has 73 heavy (non-hydrogen) atoms. The van der Waals surface area contributed by atoms with E-state index in [1.54, 1.807) is 6.92 Å². The van der Waals surface area contributed by atoms with Gasteiger partial charge in [0.2, 0.25) is 17.7 Å². The molecule has 12 rings (SSSR count). The fourth-order valence-corrected chi connectivity index (χ4v) is 9.88. The summed E-state index contributed by atoms with van der Waals surface area (Å²) in [6, 6.07) is 0. The molecule has 12 saturated heterocycles. The molecule has 0 spiro atoms. The third kappa shape index (κ3) is 15.5. The fourth-order valence-electron chi connectivity index (χ4n) is 9.88. The number of hydrogen-bond donors (Lipinski definition) is 14. The maximum absolute atomic E-state index is 13.1. The van der Waals surface area contributed by atoms with Gasteiger partial charge in [0.1, 0.15) is 61.0 Å². The van der Waals surface area contributed by atoms with E-state index in [0.29, 0.717) is 49.9 Å². The highest BCUT2D eigenvalue weighted by molar-refractivity contribution is 5.77. The van der Waals surface area contributed by atoms with Crippen molar-refractivity contribution >= 4 is 17.7 Å². The molecule has 14 N–H and O–H groups in total. The van der Waals surface area contributed by atoms with Crippen LogP contribution in [0.25, 0.3) is 0 Å². The molecule has 0 aromatic rings. The van der Waals surface area contributed by atoms with Crippen LogP contribution in [0.4, 0.5) is 0 Å². The Kier molecular flexibility index (Phi) is 22.8. The summed E-state index contributed by atoms with van der Waals surface area (Å²) in [5.41, 5.74) is 0.912. The summed E-state index contributed by atoms with van der Waals surface area (Å²) >= 11 is 0. The molecule has 0 radical (unpaired) electrons. The third-order valence-electron chi connectivity index (χ3n) is 14.4. The molecule has 0 aliphatic carbocycles. The predicted octanol–water partition coefficient (Wildman–Crippen LogP) is -4.69. The molecule has 8 bridgehead atoms. The molecule has 12 fully saturated rings. The Hall–Kier alpha value is -3.23. The van der Waals surface area contributed by atoms with Crippen LogP contribution in [-0.4, -0.2) is 237 Å². The normalized spacial score (nSPS) is 39.2. The predicted molar refractivity (Wildman–Crippen MR) is 249 cm³/mol. The molecule has 20 atom stereocenters. The van der Waals surface area contributed by atoms with Crippen LogP contribution in [0.5, 0.6) is 0 Å². The number of nitrogens with one attached hydrogen (secondary N) is 4. The molecule has 0 saturated carbocycles. The van der Waals surface area contributed by atoms with Crippen molar-refractivity contribution in [3.8, 4) is 0 Å². The van der Waals surface area contributed by atoms with Crippen LogP contribution in [0.1, 0.15) is 77.6 Å². The van der Waals surface area contributed by atoms with Crippen molar-refractivity contribution in [3.63, 3.8) is 0 Å². The molecule has 12 unspecified atom stereocenters. The van der Waals surface area contributed by atoms with E-state index in [0.717, 1.165) is 0 Å². The quantitative estimate of drug-likeness (QED) is 0.0541. The number of aliphatic hydroxyl groups is 10. The van der Waals surface area contributed by atoms with Gasteiger partial charge in [-0.2, -0.15) is 0 Å². The summed E-state index contributed by atoms with van der Waals surface area (Å²) in [6.07, 6.45) is -20.9. The number of ether oxygens (including phenoxy) is 8. The smallest absolute Gasteiger partial charge is 0.225 e. The average molecular weight is 1050 g/mol. The minimum absolute atomic E-state index is 0.0103. The van der Waals surface area contributed by atoms with Crippen molar-refractivity contribution in [2.24, 2.45) is 11.8 Å². The minimum atomic E-state index is -1.59. The Morgan fingerprint density at radius 2 is 0.877 bits per heavy atom. The number of allylic oxidation sites excluding steroid dienone is 2. The minimum Gasteiger partial charge on any atom is -0.394 e. The zero-order valence-electron chi connectivity index (χ0n) is 41.3. The largest absolute Gasteiger partial charge is 0.394 e. The molecule has 12 heterocycles. The van der Waals surface area contributed by atoms with Gasteiger partial charge < -0.3 is 115 Å². The number of aliphatic hydroxyl groups excluding tert-OH is 10. The van der Waals surface area contributed by atoms with Crippen LogP contribution in [0.15, 0.2) is 24.6 Å². The van der Waals surface area contributed by atoms with Crippen LogP contribution in [-0.2, 0) is 52.3 Å². The molecule has 26 nitrogen and oxygen atoms in total. The van der Waals surface area contributed by atoms with E-state index in [1.807, 2.05) is 0 Å². The molecule has 12 aliphatic heterocycles. The SMILES string of the molecule is C=C(CCC(=O)NCC1O[C@@H]2OC3C(CO)O[C@H](OCCCCC1[C@H](O)C2O)C(O)[C@H]3O)NCN(CNC(=C)CCC(=O)NCC1O[C@@H]2OC3C(CO)O[C@H](OCCCCC1[C@H](O)C2O)C(O)[C@H]3O)C(=O)CC. The van der Waals surface area contributed by atoms with E-state index in [9.17, 15) is 65.4 Å². The van der Waals surface area contributed by atoms with Gasteiger partial charge in [0.15, 0.2) is 25.2 Å². The maximum Gasteiger partial charge on any atom is 0.225 e. The summed E-state index contributed by atoms with van der Waals surface area (Å²) in [7, 11) is 0. The molecular weight excluding hydrogens is 971 g/mol. The monoisotopic (exact) mass is 1050 g/mol. The molecule has 12 aliphatic rings. The number of carbonyl (C=O) groups excluding carboxylic acids is 3. The van der Waals surface area contributed by atoms with Crippen LogP contribution in [0.2, 0.25) is 0 Å². The van der Waals surface area contributed by atoms with Crippen molar-refractivity contribution in [1.29, 1.82) is 0 Å². The van der Waals surface area contributed by atoms with Crippen molar-refractivity contribution in [1.82, 2.24) is 26.2 Å². The number of nitrogens with zero attached hydrogens (tertiary/aromatic N) is 1. The number of carbonyl (C=O) groups is 3. The van der Waals surface area contributed by atoms with Gasteiger partial charge in [-0.3, -0.25) is 14.4 Å². The lowest BCUT2D eigenvalue weighted by Crippen LogP contribution is -2.64.